The van der Waals surface area contributed by atoms with Gasteiger partial charge in [-0.15, -0.1) is 23.1 Å². The minimum atomic E-state index is 0.364. The van der Waals surface area contributed by atoms with Crippen LogP contribution in [-0.2, 0) is 0 Å². The van der Waals surface area contributed by atoms with Gasteiger partial charge in [-0.1, -0.05) is 12.1 Å². The van der Waals surface area contributed by atoms with E-state index in [1.807, 2.05) is 11.3 Å². The molecular weight excluding hydrogens is 246 g/mol. The zero-order valence-electron chi connectivity index (χ0n) is 10.4. The number of nitrogens with one attached hydrogen (secondary N) is 1. The summed E-state index contributed by atoms with van der Waals surface area (Å²) in [5, 5.41) is 5.75. The second-order valence-corrected chi connectivity index (χ2v) is 5.83. The van der Waals surface area contributed by atoms with Gasteiger partial charge in [-0.2, -0.15) is 0 Å². The Morgan fingerprint density at radius 1 is 1.24 bits per heavy atom. The van der Waals surface area contributed by atoms with E-state index in [2.05, 4.69) is 61.1 Å². The molecule has 0 amide bonds. The van der Waals surface area contributed by atoms with Gasteiger partial charge in [0.25, 0.3) is 0 Å². The second-order valence-electron chi connectivity index (χ2n) is 4.03. The highest BCUT2D eigenvalue weighted by Crippen LogP contribution is 2.31. The van der Waals surface area contributed by atoms with Crippen molar-refractivity contribution in [3.05, 3.63) is 46.2 Å². The van der Waals surface area contributed by atoms with Gasteiger partial charge in [-0.3, -0.25) is 0 Å². The summed E-state index contributed by atoms with van der Waals surface area (Å²) in [5.74, 6) is 0. The number of para-hydroxylation sites is 1. The Morgan fingerprint density at radius 2 is 2.00 bits per heavy atom. The Kier molecular flexibility index (Phi) is 4.13. The summed E-state index contributed by atoms with van der Waals surface area (Å²) in [6.07, 6.45) is 2.11. The molecule has 0 fully saturated rings. The predicted molar refractivity (Wildman–Crippen MR) is 79.3 cm³/mol. The third-order valence-electron chi connectivity index (χ3n) is 2.77. The molecule has 1 aromatic carbocycles. The summed E-state index contributed by atoms with van der Waals surface area (Å²) < 4.78 is 0. The van der Waals surface area contributed by atoms with E-state index in [1.54, 1.807) is 11.8 Å². The van der Waals surface area contributed by atoms with Crippen LogP contribution in [0.2, 0.25) is 0 Å². The number of aryl methyl sites for hydroxylation is 1. The van der Waals surface area contributed by atoms with E-state index < -0.39 is 0 Å². The number of hydrogen-bond donors (Lipinski definition) is 1. The van der Waals surface area contributed by atoms with E-state index in [-0.39, 0.29) is 0 Å². The first-order chi connectivity index (χ1) is 8.22. The molecule has 1 heterocycles. The van der Waals surface area contributed by atoms with Crippen LogP contribution in [0.4, 0.5) is 5.69 Å². The quantitative estimate of drug-likeness (QED) is 0.783. The molecule has 17 heavy (non-hydrogen) atoms. The molecular formula is C14H17NS2. The second kappa shape index (κ2) is 5.61. The molecule has 2 aromatic rings. The zero-order valence-corrected chi connectivity index (χ0v) is 12.0. The fourth-order valence-corrected chi connectivity index (χ4v) is 3.39. The van der Waals surface area contributed by atoms with Gasteiger partial charge < -0.3 is 5.32 Å². The molecule has 0 saturated heterocycles. The minimum Gasteiger partial charge on any atom is -0.377 e. The predicted octanol–water partition coefficient (Wildman–Crippen LogP) is 4.95. The van der Waals surface area contributed by atoms with Crippen LogP contribution in [0.15, 0.2) is 40.6 Å². The minimum absolute atomic E-state index is 0.364. The lowest BCUT2D eigenvalue weighted by atomic mass is 10.2. The Hall–Kier alpha value is -0.930. The van der Waals surface area contributed by atoms with E-state index in [0.717, 1.165) is 0 Å². The van der Waals surface area contributed by atoms with Crippen LogP contribution in [0.1, 0.15) is 23.4 Å². The molecule has 1 atom stereocenters. The maximum absolute atomic E-state index is 3.59. The number of hydrogen-bond acceptors (Lipinski definition) is 3. The number of rotatable bonds is 4. The Balaban J connectivity index is 2.18. The molecule has 90 valence electrons. The average molecular weight is 263 g/mol. The van der Waals surface area contributed by atoms with Crippen LogP contribution >= 0.6 is 23.1 Å². The number of benzene rings is 1. The Labute approximate surface area is 111 Å². The molecule has 1 N–H and O–H groups in total. The maximum Gasteiger partial charge on any atom is 0.0581 e. The normalized spacial score (nSPS) is 12.4. The van der Waals surface area contributed by atoms with Crippen molar-refractivity contribution in [2.24, 2.45) is 0 Å². The van der Waals surface area contributed by atoms with Gasteiger partial charge in [0.1, 0.15) is 0 Å². The van der Waals surface area contributed by atoms with Gasteiger partial charge in [0, 0.05) is 15.5 Å². The molecule has 1 unspecified atom stereocenters. The lowest BCUT2D eigenvalue weighted by Gasteiger charge is -2.17. The van der Waals surface area contributed by atoms with Crippen molar-refractivity contribution in [3.8, 4) is 0 Å². The molecule has 2 rings (SSSR count). The standard InChI is InChI=1S/C14H17NS2/c1-10-8-9-17-14(10)11(2)15-12-6-4-5-7-13(12)16-3/h4-9,11,15H,1-3H3. The lowest BCUT2D eigenvalue weighted by molar-refractivity contribution is 0.893. The van der Waals surface area contributed by atoms with E-state index in [4.69, 9.17) is 0 Å². The molecule has 3 heteroatoms. The van der Waals surface area contributed by atoms with Gasteiger partial charge in [0.05, 0.1) is 6.04 Å². The van der Waals surface area contributed by atoms with Crippen LogP contribution in [0.5, 0.6) is 0 Å². The lowest BCUT2D eigenvalue weighted by Crippen LogP contribution is -2.06. The van der Waals surface area contributed by atoms with Crippen LogP contribution < -0.4 is 5.32 Å². The highest BCUT2D eigenvalue weighted by atomic mass is 32.2. The van der Waals surface area contributed by atoms with Gasteiger partial charge in [-0.25, -0.2) is 0 Å². The molecule has 0 spiro atoms. The number of thioether (sulfide) groups is 1. The van der Waals surface area contributed by atoms with Crippen molar-refractivity contribution >= 4 is 28.8 Å². The summed E-state index contributed by atoms with van der Waals surface area (Å²) in [7, 11) is 0. The smallest absolute Gasteiger partial charge is 0.0581 e. The first kappa shape index (κ1) is 12.5. The molecule has 0 saturated carbocycles. The molecule has 0 radical (unpaired) electrons. The molecule has 0 bridgehead atoms. The van der Waals surface area contributed by atoms with Crippen molar-refractivity contribution in [3.63, 3.8) is 0 Å². The average Bonchev–Trinajstić information content (AvgIpc) is 2.76. The third kappa shape index (κ3) is 2.85. The summed E-state index contributed by atoms with van der Waals surface area (Å²) in [4.78, 5) is 2.72. The van der Waals surface area contributed by atoms with Gasteiger partial charge in [0.15, 0.2) is 0 Å². The zero-order chi connectivity index (χ0) is 12.3. The van der Waals surface area contributed by atoms with Gasteiger partial charge >= 0.3 is 0 Å². The number of thiophene rings is 1. The Morgan fingerprint density at radius 3 is 2.65 bits per heavy atom. The third-order valence-corrected chi connectivity index (χ3v) is 4.77. The topological polar surface area (TPSA) is 12.0 Å². The highest BCUT2D eigenvalue weighted by Gasteiger charge is 2.10. The molecule has 0 aliphatic heterocycles. The van der Waals surface area contributed by atoms with Crippen molar-refractivity contribution in [1.82, 2.24) is 0 Å². The fraction of sp³-hybridized carbons (Fsp3) is 0.286. The van der Waals surface area contributed by atoms with Crippen LogP contribution in [-0.4, -0.2) is 6.26 Å². The molecule has 0 aliphatic carbocycles. The first-order valence-corrected chi connectivity index (χ1v) is 7.76. The van der Waals surface area contributed by atoms with Crippen LogP contribution in [0, 0.1) is 6.92 Å². The molecule has 1 nitrogen and oxygen atoms in total. The Bertz CT molecular complexity index is 490. The fourth-order valence-electron chi connectivity index (χ4n) is 1.89. The summed E-state index contributed by atoms with van der Waals surface area (Å²) in [6, 6.07) is 11.0. The van der Waals surface area contributed by atoms with Crippen LogP contribution in [0.3, 0.4) is 0 Å². The van der Waals surface area contributed by atoms with Crippen LogP contribution in [0.25, 0.3) is 0 Å². The van der Waals surface area contributed by atoms with Crippen molar-refractivity contribution in [1.29, 1.82) is 0 Å². The monoisotopic (exact) mass is 263 g/mol. The van der Waals surface area contributed by atoms with E-state index in [9.17, 15) is 0 Å². The van der Waals surface area contributed by atoms with E-state index in [0.29, 0.717) is 6.04 Å². The first-order valence-electron chi connectivity index (χ1n) is 5.66. The van der Waals surface area contributed by atoms with Crippen molar-refractivity contribution in [2.75, 3.05) is 11.6 Å². The highest BCUT2D eigenvalue weighted by molar-refractivity contribution is 7.98. The number of anilines is 1. The van der Waals surface area contributed by atoms with Crippen molar-refractivity contribution in [2.45, 2.75) is 24.8 Å². The van der Waals surface area contributed by atoms with Gasteiger partial charge in [0.2, 0.25) is 0 Å². The van der Waals surface area contributed by atoms with E-state index >= 15 is 0 Å². The molecule has 0 aliphatic rings. The van der Waals surface area contributed by atoms with Crippen molar-refractivity contribution < 1.29 is 0 Å². The molecule has 1 aromatic heterocycles. The summed E-state index contributed by atoms with van der Waals surface area (Å²) >= 11 is 3.60. The van der Waals surface area contributed by atoms with E-state index in [1.165, 1.54) is 21.0 Å². The largest absolute Gasteiger partial charge is 0.377 e. The summed E-state index contributed by atoms with van der Waals surface area (Å²) in [5.41, 5.74) is 2.59. The summed E-state index contributed by atoms with van der Waals surface area (Å²) in [6.45, 7) is 4.39. The maximum atomic E-state index is 3.59. The SMILES string of the molecule is CSc1ccccc1NC(C)c1sccc1C. The van der Waals surface area contributed by atoms with Gasteiger partial charge in [-0.05, 0) is 49.2 Å².